The van der Waals surface area contributed by atoms with Crippen LogP contribution < -0.4 is 10.6 Å². The minimum atomic E-state index is -0.416. The molecule has 2 heterocycles. The van der Waals surface area contributed by atoms with Gasteiger partial charge in [-0.3, -0.25) is 0 Å². The van der Waals surface area contributed by atoms with E-state index in [4.69, 9.17) is 9.26 Å². The van der Waals surface area contributed by atoms with Crippen molar-refractivity contribution in [3.8, 4) is 0 Å². The van der Waals surface area contributed by atoms with Gasteiger partial charge in [-0.1, -0.05) is 42.4 Å². The molecule has 2 N–H and O–H groups in total. The van der Waals surface area contributed by atoms with Crippen molar-refractivity contribution in [3.05, 3.63) is 53.4 Å². The summed E-state index contributed by atoms with van der Waals surface area (Å²) in [4.78, 5) is 12.1. The molecule has 25 heavy (non-hydrogen) atoms. The van der Waals surface area contributed by atoms with Crippen LogP contribution in [0.5, 0.6) is 0 Å². The minimum absolute atomic E-state index is 0.260. The summed E-state index contributed by atoms with van der Waals surface area (Å²) in [6.45, 7) is 6.52. The first-order valence-corrected chi connectivity index (χ1v) is 8.69. The molecule has 0 spiro atoms. The van der Waals surface area contributed by atoms with Crippen LogP contribution in [0, 0.1) is 12.8 Å². The number of rotatable bonds is 5. The molecule has 0 bridgehead atoms. The molecule has 1 saturated heterocycles. The lowest BCUT2D eigenvalue weighted by molar-refractivity contribution is 0.129. The van der Waals surface area contributed by atoms with Crippen LogP contribution >= 0.6 is 0 Å². The Labute approximate surface area is 147 Å². The lowest BCUT2D eigenvalue weighted by Crippen LogP contribution is -2.55. The number of ether oxygens (including phenoxy) is 1. The molecule has 0 aliphatic carbocycles. The molecule has 6 heteroatoms. The van der Waals surface area contributed by atoms with Crippen molar-refractivity contribution in [2.24, 2.45) is 5.92 Å². The van der Waals surface area contributed by atoms with Gasteiger partial charge < -0.3 is 19.9 Å². The highest BCUT2D eigenvalue weighted by molar-refractivity contribution is 5.67. The van der Waals surface area contributed by atoms with Crippen LogP contribution in [-0.4, -0.2) is 30.9 Å². The molecule has 1 aromatic heterocycles. The quantitative estimate of drug-likeness (QED) is 0.873. The van der Waals surface area contributed by atoms with Crippen molar-refractivity contribution in [2.45, 2.75) is 32.3 Å². The third-order valence-corrected chi connectivity index (χ3v) is 5.04. The van der Waals surface area contributed by atoms with Crippen molar-refractivity contribution in [1.82, 2.24) is 15.8 Å². The van der Waals surface area contributed by atoms with E-state index in [1.807, 2.05) is 43.3 Å². The van der Waals surface area contributed by atoms with E-state index < -0.39 is 6.09 Å². The van der Waals surface area contributed by atoms with Crippen LogP contribution in [0.25, 0.3) is 0 Å². The first kappa shape index (κ1) is 17.5. The minimum Gasteiger partial charge on any atom is -0.445 e. The molecule has 2 aromatic rings. The molecule has 2 unspecified atom stereocenters. The van der Waals surface area contributed by atoms with Gasteiger partial charge in [0.2, 0.25) is 0 Å². The number of hydrogen-bond donors (Lipinski definition) is 2. The van der Waals surface area contributed by atoms with Gasteiger partial charge in [0.15, 0.2) is 0 Å². The van der Waals surface area contributed by atoms with Gasteiger partial charge in [0.1, 0.15) is 12.4 Å². The Morgan fingerprint density at radius 1 is 1.44 bits per heavy atom. The number of piperidine rings is 1. The average Bonchev–Trinajstić information content (AvgIpc) is 3.07. The van der Waals surface area contributed by atoms with Gasteiger partial charge in [-0.15, -0.1) is 0 Å². The topological polar surface area (TPSA) is 76.4 Å². The zero-order chi connectivity index (χ0) is 17.7. The van der Waals surface area contributed by atoms with Crippen LogP contribution in [0.15, 0.2) is 40.9 Å². The third kappa shape index (κ3) is 4.02. The van der Waals surface area contributed by atoms with Crippen molar-refractivity contribution < 1.29 is 14.1 Å². The Kier molecular flexibility index (Phi) is 5.38. The highest BCUT2D eigenvalue weighted by Gasteiger charge is 2.42. The summed E-state index contributed by atoms with van der Waals surface area (Å²) in [5.74, 6) is 1.14. The Balaban J connectivity index is 1.63. The van der Waals surface area contributed by atoms with Gasteiger partial charge >= 0.3 is 6.09 Å². The van der Waals surface area contributed by atoms with Crippen LogP contribution in [0.1, 0.15) is 30.4 Å². The second-order valence-corrected chi connectivity index (χ2v) is 6.76. The molecular formula is C19H25N3O3. The van der Waals surface area contributed by atoms with Crippen molar-refractivity contribution >= 4 is 6.09 Å². The van der Waals surface area contributed by atoms with E-state index in [0.717, 1.165) is 36.5 Å². The highest BCUT2D eigenvalue weighted by atomic mass is 16.5. The van der Waals surface area contributed by atoms with E-state index in [9.17, 15) is 4.79 Å². The number of hydrogen-bond acceptors (Lipinski definition) is 5. The largest absolute Gasteiger partial charge is 0.445 e. The summed E-state index contributed by atoms with van der Waals surface area (Å²) >= 11 is 0. The fraction of sp³-hybridized carbons (Fsp3) is 0.474. The molecule has 1 aliphatic rings. The number of carbonyl (C=O) groups is 1. The van der Waals surface area contributed by atoms with E-state index in [1.165, 1.54) is 0 Å². The average molecular weight is 343 g/mol. The van der Waals surface area contributed by atoms with Gasteiger partial charge in [-0.25, -0.2) is 4.79 Å². The number of nitrogens with one attached hydrogen (secondary N) is 2. The smallest absolute Gasteiger partial charge is 0.407 e. The zero-order valence-electron chi connectivity index (χ0n) is 14.7. The summed E-state index contributed by atoms with van der Waals surface area (Å²) in [6, 6.07) is 11.6. The number of benzene rings is 1. The first-order chi connectivity index (χ1) is 12.1. The Morgan fingerprint density at radius 2 is 2.24 bits per heavy atom. The highest BCUT2D eigenvalue weighted by Crippen LogP contribution is 2.35. The van der Waals surface area contributed by atoms with Crippen molar-refractivity contribution in [1.29, 1.82) is 0 Å². The predicted molar refractivity (Wildman–Crippen MR) is 94.2 cm³/mol. The molecule has 3 rings (SSSR count). The number of alkyl carbamates (subject to hydrolysis) is 1. The lowest BCUT2D eigenvalue weighted by atomic mass is 9.70. The van der Waals surface area contributed by atoms with Crippen molar-refractivity contribution in [2.75, 3.05) is 19.6 Å². The van der Waals surface area contributed by atoms with E-state index in [0.29, 0.717) is 12.5 Å². The second-order valence-electron chi connectivity index (χ2n) is 6.76. The Hall–Kier alpha value is -2.34. The SMILES string of the molecule is Cc1cc(C2(CNC(=O)OCc3ccccc3)CNCCC2C)no1. The maximum absolute atomic E-state index is 12.1. The van der Waals surface area contributed by atoms with Crippen LogP contribution in [0.3, 0.4) is 0 Å². The van der Waals surface area contributed by atoms with Crippen LogP contribution in [-0.2, 0) is 16.8 Å². The summed E-state index contributed by atoms with van der Waals surface area (Å²) in [5.41, 5.74) is 1.56. The van der Waals surface area contributed by atoms with Crippen LogP contribution in [0.4, 0.5) is 4.79 Å². The maximum Gasteiger partial charge on any atom is 0.407 e. The molecule has 0 radical (unpaired) electrons. The van der Waals surface area contributed by atoms with E-state index in [2.05, 4.69) is 22.7 Å². The first-order valence-electron chi connectivity index (χ1n) is 8.69. The van der Waals surface area contributed by atoms with E-state index in [1.54, 1.807) is 0 Å². The molecule has 0 saturated carbocycles. The molecule has 1 aromatic carbocycles. The summed E-state index contributed by atoms with van der Waals surface area (Å²) in [7, 11) is 0. The number of aromatic nitrogens is 1. The Morgan fingerprint density at radius 3 is 2.92 bits per heavy atom. The number of aryl methyl sites for hydroxylation is 1. The molecule has 1 fully saturated rings. The maximum atomic E-state index is 12.1. The van der Waals surface area contributed by atoms with Gasteiger partial charge in [0, 0.05) is 24.6 Å². The molecule has 2 atom stereocenters. The predicted octanol–water partition coefficient (Wildman–Crippen LogP) is 2.78. The standard InChI is InChI=1S/C19H25N3O3/c1-14-8-9-20-12-19(14,17-10-15(2)25-22-17)13-21-18(23)24-11-16-6-4-3-5-7-16/h3-7,10,14,20H,8-9,11-13H2,1-2H3,(H,21,23). The van der Waals surface area contributed by atoms with E-state index >= 15 is 0 Å². The zero-order valence-corrected chi connectivity index (χ0v) is 14.7. The summed E-state index contributed by atoms with van der Waals surface area (Å²) in [5, 5.41) is 10.6. The van der Waals surface area contributed by atoms with Gasteiger partial charge in [0.05, 0.1) is 5.69 Å². The third-order valence-electron chi connectivity index (χ3n) is 5.04. The fourth-order valence-electron chi connectivity index (χ4n) is 3.36. The Bertz CT molecular complexity index is 701. The number of carbonyl (C=O) groups excluding carboxylic acids is 1. The second kappa shape index (κ2) is 7.70. The monoisotopic (exact) mass is 343 g/mol. The summed E-state index contributed by atoms with van der Waals surface area (Å²) in [6.07, 6.45) is 0.605. The summed E-state index contributed by atoms with van der Waals surface area (Å²) < 4.78 is 10.6. The fourth-order valence-corrected chi connectivity index (χ4v) is 3.36. The molecule has 134 valence electrons. The molecule has 1 amide bonds. The number of nitrogens with zero attached hydrogens (tertiary/aromatic N) is 1. The van der Waals surface area contributed by atoms with Crippen LogP contribution in [0.2, 0.25) is 0 Å². The normalized spacial score (nSPS) is 23.2. The molecular weight excluding hydrogens is 318 g/mol. The van der Waals surface area contributed by atoms with Gasteiger partial charge in [-0.2, -0.15) is 0 Å². The lowest BCUT2D eigenvalue weighted by Gasteiger charge is -2.41. The number of amides is 1. The van der Waals surface area contributed by atoms with E-state index in [-0.39, 0.29) is 12.0 Å². The molecule has 1 aliphatic heterocycles. The molecule has 6 nitrogen and oxygen atoms in total. The van der Waals surface area contributed by atoms with Crippen molar-refractivity contribution in [3.63, 3.8) is 0 Å². The van der Waals surface area contributed by atoms with Gasteiger partial charge in [0.25, 0.3) is 0 Å². The van der Waals surface area contributed by atoms with Gasteiger partial charge in [-0.05, 0) is 31.4 Å².